The van der Waals surface area contributed by atoms with Gasteiger partial charge >= 0.3 is 0 Å². The summed E-state index contributed by atoms with van der Waals surface area (Å²) in [4.78, 5) is 0. The SMILES string of the molecule is CC1=CCC(C(C)OC(C)(C)CO)C1(C)C. The van der Waals surface area contributed by atoms with Gasteiger partial charge < -0.3 is 9.84 Å². The second-order valence-corrected chi connectivity index (χ2v) is 6.19. The van der Waals surface area contributed by atoms with Crippen molar-refractivity contribution >= 4 is 0 Å². The molecule has 0 fully saturated rings. The second-order valence-electron chi connectivity index (χ2n) is 6.19. The minimum absolute atomic E-state index is 0.0664. The van der Waals surface area contributed by atoms with Crippen LogP contribution in [0.25, 0.3) is 0 Å². The molecule has 0 aromatic carbocycles. The van der Waals surface area contributed by atoms with E-state index in [4.69, 9.17) is 4.74 Å². The Hall–Kier alpha value is -0.340. The topological polar surface area (TPSA) is 29.5 Å². The van der Waals surface area contributed by atoms with Crippen LogP contribution in [-0.2, 0) is 4.74 Å². The van der Waals surface area contributed by atoms with Gasteiger partial charge in [-0.15, -0.1) is 0 Å². The first-order chi connectivity index (χ1) is 7.20. The number of aliphatic hydroxyl groups excluding tert-OH is 1. The largest absolute Gasteiger partial charge is 0.393 e. The molecule has 0 radical (unpaired) electrons. The lowest BCUT2D eigenvalue weighted by molar-refractivity contribution is -0.120. The van der Waals surface area contributed by atoms with E-state index in [-0.39, 0.29) is 18.1 Å². The summed E-state index contributed by atoms with van der Waals surface area (Å²) in [6, 6.07) is 0. The lowest BCUT2D eigenvalue weighted by atomic mass is 9.75. The normalized spacial score (nSPS) is 26.7. The van der Waals surface area contributed by atoms with E-state index in [1.165, 1.54) is 5.57 Å². The fourth-order valence-electron chi connectivity index (χ4n) is 2.55. The van der Waals surface area contributed by atoms with Crippen molar-refractivity contribution < 1.29 is 9.84 Å². The number of aliphatic hydroxyl groups is 1. The summed E-state index contributed by atoms with van der Waals surface area (Å²) in [5.41, 5.74) is 1.23. The van der Waals surface area contributed by atoms with E-state index in [2.05, 4.69) is 33.8 Å². The molecular formula is C14H26O2. The average molecular weight is 226 g/mol. The van der Waals surface area contributed by atoms with E-state index < -0.39 is 5.60 Å². The van der Waals surface area contributed by atoms with Gasteiger partial charge in [-0.3, -0.25) is 0 Å². The van der Waals surface area contributed by atoms with Crippen molar-refractivity contribution in [1.82, 2.24) is 0 Å². The first kappa shape index (κ1) is 13.7. The van der Waals surface area contributed by atoms with Gasteiger partial charge in [0.1, 0.15) is 0 Å². The zero-order valence-electron chi connectivity index (χ0n) is 11.5. The summed E-state index contributed by atoms with van der Waals surface area (Å²) in [7, 11) is 0. The minimum atomic E-state index is -0.439. The maximum absolute atomic E-state index is 9.23. The molecule has 2 heteroatoms. The summed E-state index contributed by atoms with van der Waals surface area (Å²) in [6.07, 6.45) is 3.57. The van der Waals surface area contributed by atoms with Crippen molar-refractivity contribution in [1.29, 1.82) is 0 Å². The molecule has 0 aliphatic heterocycles. The summed E-state index contributed by atoms with van der Waals surface area (Å²) < 4.78 is 5.97. The Morgan fingerprint density at radius 3 is 2.50 bits per heavy atom. The molecule has 0 heterocycles. The summed E-state index contributed by atoms with van der Waals surface area (Å²) >= 11 is 0. The Kier molecular flexibility index (Phi) is 3.86. The smallest absolute Gasteiger partial charge is 0.0859 e. The van der Waals surface area contributed by atoms with Crippen LogP contribution in [0.4, 0.5) is 0 Å². The van der Waals surface area contributed by atoms with Crippen LogP contribution in [0, 0.1) is 11.3 Å². The number of hydrogen-bond acceptors (Lipinski definition) is 2. The van der Waals surface area contributed by atoms with Crippen molar-refractivity contribution in [3.8, 4) is 0 Å². The standard InChI is InChI=1S/C14H26O2/c1-10-7-8-12(14(10,5)6)11(2)16-13(3,4)9-15/h7,11-12,15H,8-9H2,1-6H3. The van der Waals surface area contributed by atoms with E-state index in [0.29, 0.717) is 5.92 Å². The third-order valence-corrected chi connectivity index (χ3v) is 4.07. The molecule has 1 rings (SSSR count). The summed E-state index contributed by atoms with van der Waals surface area (Å²) in [5, 5.41) is 9.23. The van der Waals surface area contributed by atoms with Crippen LogP contribution in [-0.4, -0.2) is 23.4 Å². The second kappa shape index (κ2) is 4.50. The molecule has 2 nitrogen and oxygen atoms in total. The van der Waals surface area contributed by atoms with Gasteiger partial charge in [-0.05, 0) is 45.4 Å². The molecule has 94 valence electrons. The van der Waals surface area contributed by atoms with E-state index >= 15 is 0 Å². The zero-order valence-corrected chi connectivity index (χ0v) is 11.5. The molecule has 0 saturated heterocycles. The monoisotopic (exact) mass is 226 g/mol. The highest BCUT2D eigenvalue weighted by molar-refractivity contribution is 5.19. The van der Waals surface area contributed by atoms with Gasteiger partial charge in [0.25, 0.3) is 0 Å². The molecule has 2 unspecified atom stereocenters. The maximum atomic E-state index is 9.23. The van der Waals surface area contributed by atoms with Crippen LogP contribution in [0.3, 0.4) is 0 Å². The number of ether oxygens (including phenoxy) is 1. The fraction of sp³-hybridized carbons (Fsp3) is 0.857. The summed E-state index contributed by atoms with van der Waals surface area (Å²) in [6.45, 7) is 12.8. The van der Waals surface area contributed by atoms with Crippen molar-refractivity contribution in [2.24, 2.45) is 11.3 Å². The van der Waals surface area contributed by atoms with E-state index in [0.717, 1.165) is 6.42 Å². The molecule has 0 bridgehead atoms. The molecule has 1 aliphatic rings. The molecule has 0 aromatic heterocycles. The Labute approximate surface area is 99.7 Å². The quantitative estimate of drug-likeness (QED) is 0.746. The first-order valence-corrected chi connectivity index (χ1v) is 6.16. The van der Waals surface area contributed by atoms with E-state index in [9.17, 15) is 5.11 Å². The van der Waals surface area contributed by atoms with Gasteiger partial charge in [0.05, 0.1) is 18.3 Å². The highest BCUT2D eigenvalue weighted by atomic mass is 16.5. The van der Waals surface area contributed by atoms with Gasteiger partial charge in [-0.25, -0.2) is 0 Å². The van der Waals surface area contributed by atoms with Crippen LogP contribution >= 0.6 is 0 Å². The number of rotatable bonds is 4. The highest BCUT2D eigenvalue weighted by Crippen LogP contribution is 2.45. The maximum Gasteiger partial charge on any atom is 0.0859 e. The van der Waals surface area contributed by atoms with Gasteiger partial charge in [0.15, 0.2) is 0 Å². The van der Waals surface area contributed by atoms with Crippen LogP contribution < -0.4 is 0 Å². The van der Waals surface area contributed by atoms with Crippen LogP contribution in [0.2, 0.25) is 0 Å². The lowest BCUT2D eigenvalue weighted by Crippen LogP contribution is -2.39. The first-order valence-electron chi connectivity index (χ1n) is 6.16. The van der Waals surface area contributed by atoms with Crippen molar-refractivity contribution in [3.05, 3.63) is 11.6 Å². The molecule has 0 aromatic rings. The number of allylic oxidation sites excluding steroid dienone is 2. The minimum Gasteiger partial charge on any atom is -0.393 e. The zero-order chi connectivity index (χ0) is 12.6. The van der Waals surface area contributed by atoms with Crippen molar-refractivity contribution in [2.75, 3.05) is 6.61 Å². The third-order valence-electron chi connectivity index (χ3n) is 4.07. The Morgan fingerprint density at radius 2 is 2.12 bits per heavy atom. The number of hydrogen-bond donors (Lipinski definition) is 1. The molecule has 1 N–H and O–H groups in total. The van der Waals surface area contributed by atoms with Gasteiger partial charge in [-0.2, -0.15) is 0 Å². The summed E-state index contributed by atoms with van der Waals surface area (Å²) in [5.74, 6) is 0.512. The molecule has 2 atom stereocenters. The Morgan fingerprint density at radius 1 is 1.56 bits per heavy atom. The lowest BCUT2D eigenvalue weighted by Gasteiger charge is -2.37. The third kappa shape index (κ3) is 2.67. The predicted octanol–water partition coefficient (Wildman–Crippen LogP) is 3.15. The molecule has 0 amide bonds. The molecule has 1 aliphatic carbocycles. The molecular weight excluding hydrogens is 200 g/mol. The highest BCUT2D eigenvalue weighted by Gasteiger charge is 2.40. The van der Waals surface area contributed by atoms with E-state index in [1.807, 2.05) is 13.8 Å². The van der Waals surface area contributed by atoms with Crippen LogP contribution in [0.15, 0.2) is 11.6 Å². The van der Waals surface area contributed by atoms with Gasteiger partial charge in [0, 0.05) is 0 Å². The molecule has 0 saturated carbocycles. The molecule has 0 spiro atoms. The molecule has 16 heavy (non-hydrogen) atoms. The fourth-order valence-corrected chi connectivity index (χ4v) is 2.55. The van der Waals surface area contributed by atoms with Crippen LogP contribution in [0.1, 0.15) is 48.0 Å². The van der Waals surface area contributed by atoms with Crippen molar-refractivity contribution in [2.45, 2.75) is 59.7 Å². The Bertz CT molecular complexity index is 276. The predicted molar refractivity (Wildman–Crippen MR) is 67.4 cm³/mol. The van der Waals surface area contributed by atoms with Crippen molar-refractivity contribution in [3.63, 3.8) is 0 Å². The van der Waals surface area contributed by atoms with Gasteiger partial charge in [0.2, 0.25) is 0 Å². The van der Waals surface area contributed by atoms with E-state index in [1.54, 1.807) is 0 Å². The average Bonchev–Trinajstić information content (AvgIpc) is 2.41. The van der Waals surface area contributed by atoms with Crippen LogP contribution in [0.5, 0.6) is 0 Å². The Balaban J connectivity index is 2.67. The van der Waals surface area contributed by atoms with Gasteiger partial charge in [-0.1, -0.05) is 25.5 Å².